The van der Waals surface area contributed by atoms with Crippen LogP contribution in [0.4, 0.5) is 0 Å². The average molecular weight is 296 g/mol. The van der Waals surface area contributed by atoms with E-state index >= 15 is 0 Å². The molecule has 76 valence electrons. The van der Waals surface area contributed by atoms with E-state index in [-0.39, 0.29) is 11.9 Å². The molecule has 0 aliphatic heterocycles. The van der Waals surface area contributed by atoms with Gasteiger partial charge in [0.1, 0.15) is 0 Å². The molecule has 3 atom stereocenters. The number of esters is 1. The van der Waals surface area contributed by atoms with Gasteiger partial charge >= 0.3 is 5.97 Å². The Morgan fingerprint density at radius 3 is 2.85 bits per heavy atom. The smallest absolute Gasteiger partial charge is 0.309 e. The van der Waals surface area contributed by atoms with Gasteiger partial charge in [-0.3, -0.25) is 4.79 Å². The second-order valence-corrected chi connectivity index (χ2v) is 5.51. The fraction of sp³-hybridized carbons (Fsp3) is 0.900. The number of halogens is 1. The molecule has 0 aromatic heterocycles. The summed E-state index contributed by atoms with van der Waals surface area (Å²) in [6, 6.07) is 0. The lowest BCUT2D eigenvalue weighted by atomic mass is 9.80. The number of carbonyl (C=O) groups excluding carboxylic acids is 1. The van der Waals surface area contributed by atoms with Gasteiger partial charge in [-0.05, 0) is 32.1 Å². The summed E-state index contributed by atoms with van der Waals surface area (Å²) in [5.41, 5.74) is 0. The van der Waals surface area contributed by atoms with Gasteiger partial charge in [-0.2, -0.15) is 0 Å². The lowest BCUT2D eigenvalue weighted by molar-refractivity contribution is -0.150. The molecule has 0 N–H and O–H groups in total. The molecule has 0 amide bonds. The van der Waals surface area contributed by atoms with E-state index in [9.17, 15) is 4.79 Å². The van der Waals surface area contributed by atoms with Gasteiger partial charge in [0.2, 0.25) is 0 Å². The molecule has 1 rings (SSSR count). The molecule has 0 bridgehead atoms. The molecule has 2 nitrogen and oxygen atoms in total. The average Bonchev–Trinajstić information content (AvgIpc) is 2.09. The first-order chi connectivity index (χ1) is 6.15. The Morgan fingerprint density at radius 2 is 2.23 bits per heavy atom. The molecule has 0 unspecified atom stereocenters. The first-order valence-electron chi connectivity index (χ1n) is 4.95. The summed E-state index contributed by atoms with van der Waals surface area (Å²) in [6.45, 7) is 4.53. The summed E-state index contributed by atoms with van der Waals surface area (Å²) >= 11 is 2.44. The van der Waals surface area contributed by atoms with Crippen LogP contribution in [-0.2, 0) is 9.53 Å². The maximum atomic E-state index is 11.5. The van der Waals surface area contributed by atoms with Gasteiger partial charge in [0, 0.05) is 3.92 Å². The van der Waals surface area contributed by atoms with Crippen molar-refractivity contribution in [3.63, 3.8) is 0 Å². The molecular weight excluding hydrogens is 279 g/mol. The minimum absolute atomic E-state index is 0.0105. The maximum absolute atomic E-state index is 11.5. The number of alkyl halides is 1. The Bertz CT molecular complexity index is 182. The van der Waals surface area contributed by atoms with Gasteiger partial charge in [-0.15, -0.1) is 0 Å². The molecule has 0 aromatic carbocycles. The highest BCUT2D eigenvalue weighted by atomic mass is 127. The minimum Gasteiger partial charge on any atom is -0.466 e. The highest BCUT2D eigenvalue weighted by Crippen LogP contribution is 2.34. The van der Waals surface area contributed by atoms with Crippen LogP contribution >= 0.6 is 22.6 Å². The summed E-state index contributed by atoms with van der Waals surface area (Å²) < 4.78 is 5.71. The largest absolute Gasteiger partial charge is 0.466 e. The van der Waals surface area contributed by atoms with Crippen LogP contribution in [0.3, 0.4) is 0 Å². The minimum atomic E-state index is 0.0105. The third kappa shape index (κ3) is 3.11. The quantitative estimate of drug-likeness (QED) is 0.445. The van der Waals surface area contributed by atoms with Crippen molar-refractivity contribution >= 4 is 28.6 Å². The van der Waals surface area contributed by atoms with E-state index in [2.05, 4.69) is 29.5 Å². The Kier molecular flexibility index (Phi) is 4.49. The van der Waals surface area contributed by atoms with Crippen molar-refractivity contribution in [2.75, 3.05) is 6.61 Å². The number of hydrogen-bond acceptors (Lipinski definition) is 2. The molecule has 1 aliphatic carbocycles. The van der Waals surface area contributed by atoms with Gasteiger partial charge in [0.05, 0.1) is 12.5 Å². The zero-order chi connectivity index (χ0) is 9.84. The molecule has 0 saturated heterocycles. The predicted octanol–water partition coefficient (Wildman–Crippen LogP) is 2.79. The molecule has 1 aliphatic rings. The Labute approximate surface area is 93.6 Å². The first-order valence-corrected chi connectivity index (χ1v) is 6.20. The Hall–Kier alpha value is 0.200. The van der Waals surface area contributed by atoms with E-state index in [1.165, 1.54) is 6.42 Å². The molecule has 0 aromatic rings. The summed E-state index contributed by atoms with van der Waals surface area (Å²) in [5, 5.41) is 0. The lowest BCUT2D eigenvalue weighted by Crippen LogP contribution is -2.31. The number of ether oxygens (including phenoxy) is 1. The van der Waals surface area contributed by atoms with Crippen molar-refractivity contribution in [3.05, 3.63) is 0 Å². The lowest BCUT2D eigenvalue weighted by Gasteiger charge is -2.29. The standard InChI is InChI=1S/C10H17IO2/c1-3-13-10(12)9-6-8(11)5-4-7(9)2/h7-9H,3-6H2,1-2H3/t7-,8+,9-/m1/s1. The third-order valence-electron chi connectivity index (χ3n) is 2.72. The third-order valence-corrected chi connectivity index (χ3v) is 3.85. The summed E-state index contributed by atoms with van der Waals surface area (Å²) in [4.78, 5) is 11.5. The topological polar surface area (TPSA) is 26.3 Å². The molecule has 13 heavy (non-hydrogen) atoms. The molecule has 1 fully saturated rings. The van der Waals surface area contributed by atoms with Crippen LogP contribution in [0.15, 0.2) is 0 Å². The highest BCUT2D eigenvalue weighted by Gasteiger charge is 2.32. The van der Waals surface area contributed by atoms with Crippen molar-refractivity contribution in [2.45, 2.75) is 37.0 Å². The highest BCUT2D eigenvalue weighted by molar-refractivity contribution is 14.1. The van der Waals surface area contributed by atoms with Gasteiger partial charge in [0.25, 0.3) is 0 Å². The fourth-order valence-corrected chi connectivity index (χ4v) is 2.76. The van der Waals surface area contributed by atoms with Gasteiger partial charge < -0.3 is 4.74 Å². The first kappa shape index (κ1) is 11.3. The zero-order valence-corrected chi connectivity index (χ0v) is 10.4. The number of hydrogen-bond donors (Lipinski definition) is 0. The van der Waals surface area contributed by atoms with Crippen LogP contribution in [0, 0.1) is 11.8 Å². The Balaban J connectivity index is 2.50. The fourth-order valence-electron chi connectivity index (χ4n) is 1.85. The molecule has 3 heteroatoms. The van der Waals surface area contributed by atoms with Crippen molar-refractivity contribution in [2.24, 2.45) is 11.8 Å². The van der Waals surface area contributed by atoms with Crippen LogP contribution in [0.1, 0.15) is 33.1 Å². The van der Waals surface area contributed by atoms with E-state index in [1.807, 2.05) is 6.92 Å². The molecule has 0 spiro atoms. The normalized spacial score (nSPS) is 34.2. The van der Waals surface area contributed by atoms with E-state index in [4.69, 9.17) is 4.74 Å². The zero-order valence-electron chi connectivity index (χ0n) is 8.25. The number of carbonyl (C=O) groups is 1. The van der Waals surface area contributed by atoms with E-state index < -0.39 is 0 Å². The van der Waals surface area contributed by atoms with Crippen molar-refractivity contribution in [1.82, 2.24) is 0 Å². The van der Waals surface area contributed by atoms with Crippen molar-refractivity contribution < 1.29 is 9.53 Å². The Morgan fingerprint density at radius 1 is 1.54 bits per heavy atom. The molecule has 0 radical (unpaired) electrons. The monoisotopic (exact) mass is 296 g/mol. The van der Waals surface area contributed by atoms with Crippen molar-refractivity contribution in [3.8, 4) is 0 Å². The summed E-state index contributed by atoms with van der Waals surface area (Å²) in [7, 11) is 0. The van der Waals surface area contributed by atoms with Crippen LogP contribution in [0.5, 0.6) is 0 Å². The molecule has 1 saturated carbocycles. The van der Waals surface area contributed by atoms with E-state index in [0.717, 1.165) is 12.8 Å². The SMILES string of the molecule is CCOC(=O)[C@@H]1C[C@@H](I)CC[C@H]1C. The van der Waals surface area contributed by atoms with E-state index in [0.29, 0.717) is 16.4 Å². The summed E-state index contributed by atoms with van der Waals surface area (Å²) in [5.74, 6) is 0.664. The second kappa shape index (κ2) is 5.17. The molecular formula is C10H17IO2. The second-order valence-electron chi connectivity index (χ2n) is 3.75. The van der Waals surface area contributed by atoms with Gasteiger partial charge in [0.15, 0.2) is 0 Å². The summed E-state index contributed by atoms with van der Waals surface area (Å²) in [6.07, 6.45) is 3.41. The van der Waals surface area contributed by atoms with Crippen LogP contribution in [0.2, 0.25) is 0 Å². The predicted molar refractivity (Wildman–Crippen MR) is 60.9 cm³/mol. The van der Waals surface area contributed by atoms with Gasteiger partial charge in [-0.1, -0.05) is 29.5 Å². The van der Waals surface area contributed by atoms with E-state index in [1.54, 1.807) is 0 Å². The van der Waals surface area contributed by atoms with Crippen LogP contribution in [0.25, 0.3) is 0 Å². The maximum Gasteiger partial charge on any atom is 0.309 e. The molecule has 0 heterocycles. The van der Waals surface area contributed by atoms with Gasteiger partial charge in [-0.25, -0.2) is 0 Å². The number of rotatable bonds is 2. The van der Waals surface area contributed by atoms with Crippen LogP contribution in [-0.4, -0.2) is 16.5 Å². The van der Waals surface area contributed by atoms with Crippen molar-refractivity contribution in [1.29, 1.82) is 0 Å². The van der Waals surface area contributed by atoms with Crippen LogP contribution < -0.4 is 0 Å².